The van der Waals surface area contributed by atoms with E-state index in [0.717, 1.165) is 29.5 Å². The number of benzene rings is 1. The van der Waals surface area contributed by atoms with Gasteiger partial charge in [-0.3, -0.25) is 4.79 Å². The second-order valence-electron chi connectivity index (χ2n) is 8.53. The SMILES string of the molecule is CC[C@H]1CCc2sc(-c3nnc(S[C@@H](C)C(=O)Nc4ccc5[nH]c(=O)[nH]c5c4)n3C)cc2C1. The molecular formula is C23H26N6O2S2. The lowest BCUT2D eigenvalue weighted by Crippen LogP contribution is -2.22. The van der Waals surface area contributed by atoms with Crippen LogP contribution < -0.4 is 11.0 Å². The molecule has 172 valence electrons. The third-order valence-corrected chi connectivity index (χ3v) is 8.62. The minimum atomic E-state index is -0.372. The van der Waals surface area contributed by atoms with Crippen molar-refractivity contribution in [1.29, 1.82) is 0 Å². The fraction of sp³-hybridized carbons (Fsp3) is 0.391. The van der Waals surface area contributed by atoms with Crippen molar-refractivity contribution in [3.63, 3.8) is 0 Å². The van der Waals surface area contributed by atoms with E-state index in [9.17, 15) is 9.59 Å². The summed E-state index contributed by atoms with van der Waals surface area (Å²) in [6, 6.07) is 7.55. The zero-order valence-electron chi connectivity index (χ0n) is 18.8. The Morgan fingerprint density at radius 1 is 1.30 bits per heavy atom. The lowest BCUT2D eigenvalue weighted by Gasteiger charge is -2.19. The molecule has 0 saturated heterocycles. The molecule has 0 radical (unpaired) electrons. The zero-order chi connectivity index (χ0) is 23.1. The number of carbonyl (C=O) groups excluding carboxylic acids is 1. The molecule has 5 rings (SSSR count). The molecule has 1 aliphatic rings. The molecule has 1 amide bonds. The predicted octanol–water partition coefficient (Wildman–Crippen LogP) is 4.35. The maximum absolute atomic E-state index is 12.8. The normalized spacial score (nSPS) is 16.6. The molecule has 4 aromatic rings. The van der Waals surface area contributed by atoms with Gasteiger partial charge in [-0.2, -0.15) is 0 Å². The summed E-state index contributed by atoms with van der Waals surface area (Å²) in [6.45, 7) is 4.12. The first-order valence-electron chi connectivity index (χ1n) is 11.1. The van der Waals surface area contributed by atoms with Gasteiger partial charge in [-0.25, -0.2) is 4.79 Å². The van der Waals surface area contributed by atoms with E-state index < -0.39 is 0 Å². The van der Waals surface area contributed by atoms with E-state index in [2.05, 4.69) is 38.5 Å². The number of hydrogen-bond donors (Lipinski definition) is 3. The number of thioether (sulfide) groups is 1. The first-order chi connectivity index (χ1) is 15.9. The third kappa shape index (κ3) is 4.37. The molecule has 1 aromatic carbocycles. The summed E-state index contributed by atoms with van der Waals surface area (Å²) < 4.78 is 1.97. The Morgan fingerprint density at radius 2 is 2.12 bits per heavy atom. The van der Waals surface area contributed by atoms with Gasteiger partial charge in [-0.1, -0.05) is 25.1 Å². The Bertz CT molecular complexity index is 1380. The molecular weight excluding hydrogens is 456 g/mol. The van der Waals surface area contributed by atoms with Crippen molar-refractivity contribution in [3.8, 4) is 10.7 Å². The highest BCUT2D eigenvalue weighted by molar-refractivity contribution is 8.00. The van der Waals surface area contributed by atoms with Crippen LogP contribution in [0.2, 0.25) is 0 Å². The van der Waals surface area contributed by atoms with Gasteiger partial charge >= 0.3 is 5.69 Å². The summed E-state index contributed by atoms with van der Waals surface area (Å²) in [5.41, 5.74) is 3.17. The van der Waals surface area contributed by atoms with Gasteiger partial charge in [0.25, 0.3) is 0 Å². The fourth-order valence-corrected chi connectivity index (χ4v) is 6.30. The Labute approximate surface area is 199 Å². The summed E-state index contributed by atoms with van der Waals surface area (Å²) in [4.78, 5) is 32.2. The number of imidazole rings is 1. The van der Waals surface area contributed by atoms with Crippen LogP contribution in [-0.2, 0) is 24.7 Å². The van der Waals surface area contributed by atoms with Crippen molar-refractivity contribution < 1.29 is 4.79 Å². The first kappa shape index (κ1) is 22.0. The van der Waals surface area contributed by atoms with Crippen LogP contribution in [0.5, 0.6) is 0 Å². The van der Waals surface area contributed by atoms with Crippen LogP contribution in [0.15, 0.2) is 34.2 Å². The maximum Gasteiger partial charge on any atom is 0.323 e. The molecule has 33 heavy (non-hydrogen) atoms. The number of amides is 1. The largest absolute Gasteiger partial charge is 0.325 e. The van der Waals surface area contributed by atoms with E-state index in [1.165, 1.54) is 35.0 Å². The lowest BCUT2D eigenvalue weighted by molar-refractivity contribution is -0.115. The summed E-state index contributed by atoms with van der Waals surface area (Å²) in [5.74, 6) is 1.49. The molecule has 0 unspecified atom stereocenters. The van der Waals surface area contributed by atoms with Crippen LogP contribution in [0.25, 0.3) is 21.7 Å². The lowest BCUT2D eigenvalue weighted by atomic mass is 9.87. The van der Waals surface area contributed by atoms with Gasteiger partial charge in [0.05, 0.1) is 21.2 Å². The van der Waals surface area contributed by atoms with Crippen LogP contribution in [0.3, 0.4) is 0 Å². The van der Waals surface area contributed by atoms with E-state index in [1.54, 1.807) is 18.2 Å². The van der Waals surface area contributed by atoms with Crippen molar-refractivity contribution in [2.45, 2.75) is 49.9 Å². The summed E-state index contributed by atoms with van der Waals surface area (Å²) >= 11 is 3.20. The number of rotatable bonds is 6. The van der Waals surface area contributed by atoms with Crippen LogP contribution in [0.4, 0.5) is 5.69 Å². The monoisotopic (exact) mass is 482 g/mol. The van der Waals surface area contributed by atoms with E-state index in [4.69, 9.17) is 0 Å². The van der Waals surface area contributed by atoms with E-state index in [0.29, 0.717) is 21.9 Å². The number of hydrogen-bond acceptors (Lipinski definition) is 6. The Kier molecular flexibility index (Phi) is 5.88. The van der Waals surface area contributed by atoms with Crippen molar-refractivity contribution in [1.82, 2.24) is 24.7 Å². The smallest absolute Gasteiger partial charge is 0.323 e. The van der Waals surface area contributed by atoms with Gasteiger partial charge in [0.2, 0.25) is 5.91 Å². The Morgan fingerprint density at radius 3 is 2.94 bits per heavy atom. The van der Waals surface area contributed by atoms with Crippen molar-refractivity contribution >= 4 is 45.7 Å². The van der Waals surface area contributed by atoms with Gasteiger partial charge in [0.1, 0.15) is 0 Å². The first-order valence-corrected chi connectivity index (χ1v) is 12.8. The standard InChI is InChI=1S/C23H26N6O2S2/c1-4-13-5-8-18-14(9-13)10-19(33-18)20-27-28-23(29(20)3)32-12(2)21(30)24-15-6-7-16-17(11-15)26-22(31)25-16/h6-7,10-13H,4-5,8-9H2,1-3H3,(H,24,30)(H2,25,26,31)/t12-,13-/m0/s1. The number of H-pyrrole nitrogens is 2. The number of aromatic nitrogens is 5. The molecule has 1 aliphatic carbocycles. The fourth-order valence-electron chi connectivity index (χ4n) is 4.26. The van der Waals surface area contributed by atoms with E-state index in [1.807, 2.05) is 29.9 Å². The number of nitrogens with zero attached hydrogens (tertiary/aromatic N) is 3. The summed E-state index contributed by atoms with van der Waals surface area (Å²) in [7, 11) is 1.95. The molecule has 0 aliphatic heterocycles. The van der Waals surface area contributed by atoms with E-state index in [-0.39, 0.29) is 16.8 Å². The van der Waals surface area contributed by atoms with Crippen molar-refractivity contribution in [2.24, 2.45) is 13.0 Å². The quantitative estimate of drug-likeness (QED) is 0.354. The van der Waals surface area contributed by atoms with Crippen molar-refractivity contribution in [3.05, 3.63) is 45.2 Å². The van der Waals surface area contributed by atoms with Gasteiger partial charge in [-0.15, -0.1) is 21.5 Å². The Balaban J connectivity index is 1.28. The molecule has 0 spiro atoms. The predicted molar refractivity (Wildman–Crippen MR) is 133 cm³/mol. The highest BCUT2D eigenvalue weighted by atomic mass is 32.2. The molecule has 3 aromatic heterocycles. The maximum atomic E-state index is 12.8. The van der Waals surface area contributed by atoms with E-state index >= 15 is 0 Å². The minimum absolute atomic E-state index is 0.140. The summed E-state index contributed by atoms with van der Waals surface area (Å²) in [6.07, 6.45) is 4.80. The number of fused-ring (bicyclic) bond motifs is 2. The van der Waals surface area contributed by atoms with Crippen LogP contribution in [0.1, 0.15) is 37.1 Å². The average Bonchev–Trinajstić information content (AvgIpc) is 3.48. The molecule has 0 saturated carbocycles. The minimum Gasteiger partial charge on any atom is -0.325 e. The van der Waals surface area contributed by atoms with Crippen molar-refractivity contribution in [2.75, 3.05) is 5.32 Å². The van der Waals surface area contributed by atoms with Crippen LogP contribution in [0, 0.1) is 5.92 Å². The number of nitrogens with one attached hydrogen (secondary N) is 3. The number of aryl methyl sites for hydroxylation is 1. The molecule has 0 fully saturated rings. The van der Waals surface area contributed by atoms with Gasteiger partial charge in [-0.05, 0) is 61.9 Å². The van der Waals surface area contributed by atoms with Crippen LogP contribution in [-0.4, -0.2) is 35.9 Å². The Hall–Kier alpha value is -2.85. The average molecular weight is 483 g/mol. The van der Waals surface area contributed by atoms with Gasteiger partial charge < -0.3 is 19.9 Å². The third-order valence-electron chi connectivity index (χ3n) is 6.25. The molecule has 8 nitrogen and oxygen atoms in total. The molecule has 0 bridgehead atoms. The molecule has 2 atom stereocenters. The molecule has 10 heteroatoms. The highest BCUT2D eigenvalue weighted by Gasteiger charge is 2.24. The molecule has 3 N–H and O–H groups in total. The number of thiophene rings is 1. The second kappa shape index (κ2) is 8.83. The second-order valence-corrected chi connectivity index (χ2v) is 11.0. The topological polar surface area (TPSA) is 108 Å². The number of anilines is 1. The van der Waals surface area contributed by atoms with Crippen LogP contribution >= 0.6 is 23.1 Å². The molecule has 3 heterocycles. The number of aromatic amines is 2. The number of carbonyl (C=O) groups is 1. The van der Waals surface area contributed by atoms with Gasteiger partial charge in [0, 0.05) is 17.6 Å². The zero-order valence-corrected chi connectivity index (χ0v) is 20.4. The van der Waals surface area contributed by atoms with Gasteiger partial charge in [0.15, 0.2) is 11.0 Å². The summed E-state index contributed by atoms with van der Waals surface area (Å²) in [5, 5.41) is 12.0. The highest BCUT2D eigenvalue weighted by Crippen LogP contribution is 2.38.